The van der Waals surface area contributed by atoms with E-state index in [9.17, 15) is 0 Å². The Morgan fingerprint density at radius 3 is 2.35 bits per heavy atom. The van der Waals surface area contributed by atoms with Gasteiger partial charge in [-0.05, 0) is 26.7 Å². The van der Waals surface area contributed by atoms with Gasteiger partial charge in [-0.3, -0.25) is 0 Å². The lowest BCUT2D eigenvalue weighted by Gasteiger charge is -2.21. The Morgan fingerprint density at radius 1 is 1.10 bits per heavy atom. The van der Waals surface area contributed by atoms with Crippen molar-refractivity contribution in [2.24, 2.45) is 0 Å². The molecule has 0 aliphatic heterocycles. The van der Waals surface area contributed by atoms with Crippen molar-refractivity contribution in [1.29, 1.82) is 0 Å². The van der Waals surface area contributed by atoms with Crippen molar-refractivity contribution >= 4 is 0 Å². The maximum atomic E-state index is 5.04. The van der Waals surface area contributed by atoms with Gasteiger partial charge in [-0.1, -0.05) is 19.3 Å². The smallest absolute Gasteiger partial charge is 0.131 e. The molecule has 0 bridgehead atoms. The molecule has 1 N–H and O–H groups in total. The third-order valence-electron chi connectivity index (χ3n) is 4.19. The quantitative estimate of drug-likeness (QED) is 0.812. The van der Waals surface area contributed by atoms with E-state index in [2.05, 4.69) is 19.2 Å². The molecule has 4 nitrogen and oxygen atoms in total. The van der Waals surface area contributed by atoms with Crippen LogP contribution in [0.5, 0.6) is 0 Å². The van der Waals surface area contributed by atoms with Crippen LogP contribution in [0.2, 0.25) is 0 Å². The molecule has 0 radical (unpaired) electrons. The number of aryl methyl sites for hydroxylation is 2. The highest BCUT2D eigenvalue weighted by molar-refractivity contribution is 5.25. The van der Waals surface area contributed by atoms with Gasteiger partial charge < -0.3 is 10.1 Å². The van der Waals surface area contributed by atoms with Crippen LogP contribution in [0.3, 0.4) is 0 Å². The van der Waals surface area contributed by atoms with Crippen LogP contribution in [0.4, 0.5) is 0 Å². The fourth-order valence-corrected chi connectivity index (χ4v) is 2.95. The molecule has 0 saturated heterocycles. The Bertz CT molecular complexity index is 405. The standard InChI is InChI=1S/C16H27N3O/c1-12-15(11-17-9-10-20-3)13(2)19-16(18-12)14-7-5-4-6-8-14/h14,17H,4-11H2,1-3H3. The minimum absolute atomic E-state index is 0.580. The highest BCUT2D eigenvalue weighted by Crippen LogP contribution is 2.31. The number of hydrogen-bond acceptors (Lipinski definition) is 4. The highest BCUT2D eigenvalue weighted by Gasteiger charge is 2.19. The maximum Gasteiger partial charge on any atom is 0.131 e. The van der Waals surface area contributed by atoms with Crippen LogP contribution in [0.15, 0.2) is 0 Å². The molecule has 1 saturated carbocycles. The minimum Gasteiger partial charge on any atom is -0.383 e. The van der Waals surface area contributed by atoms with Crippen molar-refractivity contribution in [3.05, 3.63) is 22.8 Å². The van der Waals surface area contributed by atoms with Gasteiger partial charge in [-0.2, -0.15) is 0 Å². The minimum atomic E-state index is 0.580. The first-order valence-electron chi connectivity index (χ1n) is 7.76. The summed E-state index contributed by atoms with van der Waals surface area (Å²) in [6, 6.07) is 0. The number of nitrogens with one attached hydrogen (secondary N) is 1. The van der Waals surface area contributed by atoms with E-state index >= 15 is 0 Å². The van der Waals surface area contributed by atoms with E-state index in [1.165, 1.54) is 37.7 Å². The van der Waals surface area contributed by atoms with Crippen LogP contribution >= 0.6 is 0 Å². The molecule has 1 aliphatic rings. The molecule has 1 fully saturated rings. The van der Waals surface area contributed by atoms with E-state index in [-0.39, 0.29) is 0 Å². The van der Waals surface area contributed by atoms with E-state index in [1.54, 1.807) is 7.11 Å². The van der Waals surface area contributed by atoms with Crippen molar-refractivity contribution < 1.29 is 4.74 Å². The van der Waals surface area contributed by atoms with Crippen molar-refractivity contribution in [3.8, 4) is 0 Å². The Morgan fingerprint density at radius 2 is 1.75 bits per heavy atom. The summed E-state index contributed by atoms with van der Waals surface area (Å²) in [5, 5.41) is 3.38. The Labute approximate surface area is 122 Å². The molecule has 1 aromatic rings. The van der Waals surface area contributed by atoms with E-state index in [4.69, 9.17) is 14.7 Å². The maximum absolute atomic E-state index is 5.04. The fraction of sp³-hybridized carbons (Fsp3) is 0.750. The third-order valence-corrected chi connectivity index (χ3v) is 4.19. The van der Waals surface area contributed by atoms with Crippen LogP contribution in [0.1, 0.15) is 60.8 Å². The number of hydrogen-bond donors (Lipinski definition) is 1. The lowest BCUT2D eigenvalue weighted by molar-refractivity contribution is 0.199. The predicted molar refractivity (Wildman–Crippen MR) is 80.9 cm³/mol. The molecule has 112 valence electrons. The molecular formula is C16H27N3O. The van der Waals surface area contributed by atoms with Gasteiger partial charge in [0.1, 0.15) is 5.82 Å². The summed E-state index contributed by atoms with van der Waals surface area (Å²) in [5.74, 6) is 1.65. The number of ether oxygens (including phenoxy) is 1. The molecule has 4 heteroatoms. The molecule has 1 aliphatic carbocycles. The lowest BCUT2D eigenvalue weighted by Crippen LogP contribution is -2.21. The molecule has 2 rings (SSSR count). The summed E-state index contributed by atoms with van der Waals surface area (Å²) in [6.07, 6.45) is 6.53. The van der Waals surface area contributed by atoms with E-state index < -0.39 is 0 Å². The molecule has 1 aromatic heterocycles. The number of aromatic nitrogens is 2. The van der Waals surface area contributed by atoms with Crippen LogP contribution < -0.4 is 5.32 Å². The number of methoxy groups -OCH3 is 1. The first-order chi connectivity index (χ1) is 9.72. The van der Waals surface area contributed by atoms with Crippen LogP contribution in [-0.2, 0) is 11.3 Å². The lowest BCUT2D eigenvalue weighted by atomic mass is 9.88. The van der Waals surface area contributed by atoms with E-state index in [0.29, 0.717) is 5.92 Å². The molecule has 20 heavy (non-hydrogen) atoms. The first kappa shape index (κ1) is 15.4. The molecule has 0 atom stereocenters. The van der Waals surface area contributed by atoms with Crippen LogP contribution in [-0.4, -0.2) is 30.2 Å². The zero-order chi connectivity index (χ0) is 14.4. The SMILES string of the molecule is COCCNCc1c(C)nc(C2CCCCC2)nc1C. The highest BCUT2D eigenvalue weighted by atomic mass is 16.5. The Balaban J connectivity index is 2.03. The van der Waals surface area contributed by atoms with Gasteiger partial charge in [-0.15, -0.1) is 0 Å². The largest absolute Gasteiger partial charge is 0.383 e. The molecule has 1 heterocycles. The van der Waals surface area contributed by atoms with Gasteiger partial charge in [-0.25, -0.2) is 9.97 Å². The average Bonchev–Trinajstić information content (AvgIpc) is 2.46. The normalized spacial score (nSPS) is 16.6. The molecule has 0 unspecified atom stereocenters. The second kappa shape index (κ2) is 7.70. The van der Waals surface area contributed by atoms with Gasteiger partial charge in [0.2, 0.25) is 0 Å². The van der Waals surface area contributed by atoms with E-state index in [1.807, 2.05) is 0 Å². The fourth-order valence-electron chi connectivity index (χ4n) is 2.95. The molecular weight excluding hydrogens is 250 g/mol. The predicted octanol–water partition coefficient (Wildman–Crippen LogP) is 2.88. The van der Waals surface area contributed by atoms with Gasteiger partial charge in [0, 0.05) is 43.1 Å². The van der Waals surface area contributed by atoms with E-state index in [0.717, 1.165) is 36.9 Å². The summed E-state index contributed by atoms with van der Waals surface area (Å²) in [6.45, 7) is 6.63. The second-order valence-corrected chi connectivity index (χ2v) is 5.74. The van der Waals surface area contributed by atoms with Crippen LogP contribution in [0, 0.1) is 13.8 Å². The van der Waals surface area contributed by atoms with Gasteiger partial charge in [0.05, 0.1) is 6.61 Å². The van der Waals surface area contributed by atoms with Gasteiger partial charge in [0.15, 0.2) is 0 Å². The summed E-state index contributed by atoms with van der Waals surface area (Å²) < 4.78 is 5.04. The van der Waals surface area contributed by atoms with Crippen LogP contribution in [0.25, 0.3) is 0 Å². The third kappa shape index (κ3) is 4.00. The van der Waals surface area contributed by atoms with Crippen molar-refractivity contribution in [2.75, 3.05) is 20.3 Å². The zero-order valence-electron chi connectivity index (χ0n) is 13.0. The number of rotatable bonds is 6. The monoisotopic (exact) mass is 277 g/mol. The summed E-state index contributed by atoms with van der Waals surface area (Å²) in [5.41, 5.74) is 3.49. The van der Waals surface area contributed by atoms with Crippen molar-refractivity contribution in [2.45, 2.75) is 58.4 Å². The average molecular weight is 277 g/mol. The zero-order valence-corrected chi connectivity index (χ0v) is 13.0. The van der Waals surface area contributed by atoms with Crippen molar-refractivity contribution in [1.82, 2.24) is 15.3 Å². The molecule has 0 amide bonds. The Kier molecular flexibility index (Phi) is 5.92. The molecule has 0 aromatic carbocycles. The summed E-state index contributed by atoms with van der Waals surface area (Å²) in [4.78, 5) is 9.55. The summed E-state index contributed by atoms with van der Waals surface area (Å²) in [7, 11) is 1.72. The Hall–Kier alpha value is -1.00. The first-order valence-corrected chi connectivity index (χ1v) is 7.76. The molecule has 0 spiro atoms. The van der Waals surface area contributed by atoms with Gasteiger partial charge >= 0.3 is 0 Å². The second-order valence-electron chi connectivity index (χ2n) is 5.74. The summed E-state index contributed by atoms with van der Waals surface area (Å²) >= 11 is 0. The van der Waals surface area contributed by atoms with Gasteiger partial charge in [0.25, 0.3) is 0 Å². The number of nitrogens with zero attached hydrogens (tertiary/aromatic N) is 2. The topological polar surface area (TPSA) is 47.0 Å². The van der Waals surface area contributed by atoms with Crippen molar-refractivity contribution in [3.63, 3.8) is 0 Å².